The van der Waals surface area contributed by atoms with Gasteiger partial charge in [-0.2, -0.15) is 0 Å². The van der Waals surface area contributed by atoms with Crippen molar-refractivity contribution in [2.24, 2.45) is 0 Å². The third kappa shape index (κ3) is 12.5. The van der Waals surface area contributed by atoms with Gasteiger partial charge in [0.05, 0.1) is 45.6 Å². The van der Waals surface area contributed by atoms with Crippen molar-refractivity contribution in [1.82, 2.24) is 39.9 Å². The average Bonchev–Trinajstić information content (AvgIpc) is 1.60. The molecule has 16 bridgehead atoms. The molecule has 0 saturated carbocycles. The van der Waals surface area contributed by atoms with Gasteiger partial charge in [0.2, 0.25) is 0 Å². The van der Waals surface area contributed by atoms with Gasteiger partial charge in [-0.25, -0.2) is 19.9 Å². The molecule has 10 heterocycles. The third-order valence-corrected chi connectivity index (χ3v) is 21.2. The van der Waals surface area contributed by atoms with Gasteiger partial charge in [0.15, 0.2) is 0 Å². The van der Waals surface area contributed by atoms with Crippen LogP contribution in [0.25, 0.3) is 111 Å². The summed E-state index contributed by atoms with van der Waals surface area (Å²) in [5, 5.41) is 0. The number of hydrogen-bond donors (Lipinski definition) is 4. The minimum absolute atomic E-state index is 0.847. The lowest BCUT2D eigenvalue weighted by Gasteiger charge is -2.10. The number of aryl methyl sites for hydroxylation is 8. The molecule has 4 N–H and O–H groups in total. The molecule has 8 nitrogen and oxygen atoms in total. The molecule has 490 valence electrons. The van der Waals surface area contributed by atoms with Crippen molar-refractivity contribution in [1.29, 1.82) is 0 Å². The fourth-order valence-corrected chi connectivity index (χ4v) is 15.5. The van der Waals surface area contributed by atoms with E-state index in [1.165, 1.54) is 111 Å². The quantitative estimate of drug-likeness (QED) is 0.0641. The topological polar surface area (TPSA) is 115 Å². The van der Waals surface area contributed by atoms with Crippen LogP contribution in [0.5, 0.6) is 0 Å². The van der Waals surface area contributed by atoms with E-state index in [1.54, 1.807) is 0 Å². The lowest BCUT2D eigenvalue weighted by atomic mass is 9.92. The normalized spacial score (nSPS) is 13.1. The van der Waals surface area contributed by atoms with E-state index < -0.39 is 0 Å². The van der Waals surface area contributed by atoms with E-state index in [2.05, 4.69) is 239 Å². The molecule has 8 heteroatoms. The maximum absolute atomic E-state index is 5.67. The first-order chi connectivity index (χ1) is 46.6. The average molecular weight is 1270 g/mol. The fraction of sp³-hybridized carbons (Fsp3) is 0.364. The van der Waals surface area contributed by atoms with Crippen LogP contribution in [0.1, 0.15) is 261 Å². The van der Waals surface area contributed by atoms with Gasteiger partial charge in [-0.15, -0.1) is 0 Å². The Hall–Kier alpha value is -9.24. The maximum Gasteiger partial charge on any atom is 0.0769 e. The first kappa shape index (κ1) is 66.8. The van der Waals surface area contributed by atoms with Crippen molar-refractivity contribution in [3.05, 3.63) is 186 Å². The first-order valence-electron chi connectivity index (χ1n) is 36.1. The molecule has 8 aromatic rings. The van der Waals surface area contributed by atoms with Crippen LogP contribution >= 0.6 is 0 Å². The number of rotatable bonds is 18. The number of aromatic amines is 4. The summed E-state index contributed by atoms with van der Waals surface area (Å²) in [5.74, 6) is 13.6. The summed E-state index contributed by atoms with van der Waals surface area (Å²) in [4.78, 5) is 38.5. The number of benzene rings is 2. The van der Waals surface area contributed by atoms with Crippen LogP contribution in [0.2, 0.25) is 0 Å². The van der Waals surface area contributed by atoms with Crippen LogP contribution < -0.4 is 0 Å². The Bertz CT molecular complexity index is 4510. The number of unbranched alkanes of at least 4 members (excludes halogenated alkanes) is 4. The summed E-state index contributed by atoms with van der Waals surface area (Å²) >= 11 is 0. The zero-order valence-electron chi connectivity index (χ0n) is 60.2. The monoisotopic (exact) mass is 1270 g/mol. The van der Waals surface area contributed by atoms with Crippen LogP contribution in [0.3, 0.4) is 0 Å². The summed E-state index contributed by atoms with van der Waals surface area (Å²) in [5.41, 5.74) is 43.2. The molecule has 0 unspecified atom stereocenters. The van der Waals surface area contributed by atoms with Crippen molar-refractivity contribution in [2.45, 2.75) is 214 Å². The van der Waals surface area contributed by atoms with Gasteiger partial charge in [0.1, 0.15) is 0 Å². The van der Waals surface area contributed by atoms with Crippen molar-refractivity contribution in [3.8, 4) is 45.9 Å². The van der Waals surface area contributed by atoms with Gasteiger partial charge in [-0.1, -0.05) is 117 Å². The molecular weight excluding hydrogens is 1170 g/mol. The smallest absolute Gasteiger partial charge is 0.0769 e. The molecule has 0 saturated heterocycles. The number of nitrogens with one attached hydrogen (secondary N) is 4. The molecule has 12 rings (SSSR count). The van der Waals surface area contributed by atoms with E-state index in [1.807, 2.05) is 0 Å². The molecule has 6 aromatic heterocycles. The van der Waals surface area contributed by atoms with E-state index in [0.29, 0.717) is 0 Å². The molecule has 0 radical (unpaired) electrons. The Morgan fingerprint density at radius 3 is 0.812 bits per heavy atom. The Kier molecular flexibility index (Phi) is 19.9. The van der Waals surface area contributed by atoms with E-state index in [0.717, 1.165) is 204 Å². The molecule has 0 fully saturated rings. The third-order valence-electron chi connectivity index (χ3n) is 21.2. The Morgan fingerprint density at radius 2 is 0.573 bits per heavy atom. The van der Waals surface area contributed by atoms with Crippen molar-refractivity contribution >= 4 is 88.7 Å². The van der Waals surface area contributed by atoms with E-state index in [4.69, 9.17) is 19.9 Å². The van der Waals surface area contributed by atoms with E-state index in [9.17, 15) is 0 Å². The highest BCUT2D eigenvalue weighted by Crippen LogP contribution is 2.46. The summed E-state index contributed by atoms with van der Waals surface area (Å²) in [7, 11) is 0. The van der Waals surface area contributed by atoms with Gasteiger partial charge in [-0.3, -0.25) is 0 Å². The lowest BCUT2D eigenvalue weighted by Crippen LogP contribution is -1.94. The van der Waals surface area contributed by atoms with Crippen molar-refractivity contribution < 1.29 is 0 Å². The van der Waals surface area contributed by atoms with Gasteiger partial charge in [0, 0.05) is 66.4 Å². The van der Waals surface area contributed by atoms with Crippen LogP contribution in [-0.4, -0.2) is 39.9 Å². The second-order valence-corrected chi connectivity index (χ2v) is 27.1. The van der Waals surface area contributed by atoms with E-state index in [-0.39, 0.29) is 0 Å². The molecular formula is C88H98N8. The second-order valence-electron chi connectivity index (χ2n) is 27.1. The predicted octanol–water partition coefficient (Wildman–Crippen LogP) is 23.6. The van der Waals surface area contributed by atoms with Gasteiger partial charge >= 0.3 is 0 Å². The van der Waals surface area contributed by atoms with Gasteiger partial charge in [-0.05, 0) is 305 Å². The number of fused-ring (bicyclic) bond motifs is 16. The van der Waals surface area contributed by atoms with Crippen LogP contribution in [0.4, 0.5) is 0 Å². The Morgan fingerprint density at radius 1 is 0.312 bits per heavy atom. The molecule has 4 aliphatic rings. The van der Waals surface area contributed by atoms with Crippen LogP contribution in [0, 0.1) is 51.4 Å². The largest absolute Gasteiger partial charge is 0.355 e. The first-order valence-corrected chi connectivity index (χ1v) is 36.1. The Labute approximate surface area is 570 Å². The molecule has 4 aliphatic heterocycles. The Balaban J connectivity index is 1.01. The van der Waals surface area contributed by atoms with Crippen molar-refractivity contribution in [2.75, 3.05) is 0 Å². The summed E-state index contributed by atoms with van der Waals surface area (Å²) < 4.78 is 0. The molecule has 0 spiro atoms. The molecule has 2 aromatic carbocycles. The zero-order valence-corrected chi connectivity index (χ0v) is 60.2. The summed E-state index contributed by atoms with van der Waals surface area (Å²) in [6.07, 6.45) is 16.5. The fourth-order valence-electron chi connectivity index (χ4n) is 15.5. The molecule has 0 atom stereocenters. The van der Waals surface area contributed by atoms with E-state index >= 15 is 0 Å². The molecule has 0 aliphatic carbocycles. The van der Waals surface area contributed by atoms with Gasteiger partial charge in [0.25, 0.3) is 0 Å². The SMILES string of the molecule is CCCCc1c(C)c2cc3nc(c(-c4cccc(C#CC#Cc5cccc(-c6c7nc(cc8[nH]c(cc9[nH]c(cc%10nc6C(C)=C%10CC)c(C)c9CCCC)c(CCCC)c8C)C(CC)=C7C)c5)c4)c4nc(cc5[nH]c(cc1[nH]2)c(CCCC)c5C)C(CC)=C4C)C(C)=C3CC. The second kappa shape index (κ2) is 28.6. The van der Waals surface area contributed by atoms with Gasteiger partial charge < -0.3 is 19.9 Å². The minimum Gasteiger partial charge on any atom is -0.355 e. The molecule has 0 amide bonds. The van der Waals surface area contributed by atoms with Crippen LogP contribution in [0.15, 0.2) is 84.9 Å². The predicted molar refractivity (Wildman–Crippen MR) is 411 cm³/mol. The maximum atomic E-state index is 5.67. The number of hydrogen-bond acceptors (Lipinski definition) is 4. The van der Waals surface area contributed by atoms with Crippen molar-refractivity contribution in [3.63, 3.8) is 0 Å². The number of aromatic nitrogens is 8. The lowest BCUT2D eigenvalue weighted by molar-refractivity contribution is 0.796. The van der Waals surface area contributed by atoms with Crippen LogP contribution in [-0.2, 0) is 25.7 Å². The zero-order chi connectivity index (χ0) is 67.6. The highest BCUT2D eigenvalue weighted by molar-refractivity contribution is 6.04. The highest BCUT2D eigenvalue weighted by Gasteiger charge is 2.29. The standard InChI is InChI=1S/C88H98N8/c1-17-25-39-67-51(9)71-45-75-63(21-5)55(13)85(93-75)83(86-56(14)64(22-6)76(94-86)46-72-52(10)68(40-26-18-2)80(90-72)49-79(67)89-71)61-37-31-35-59(43-61)33-29-30-34-60-36-32-38-62(44-60)84-87-57(15)65(23-7)77(95-87)47-73-53(11)69(41-27-19-3)81(91-73)50-82-70(42-28-20-4)54(12)74(92-82)48-78-66(24-8)58(16)88(84)96-78/h31-32,35-38,43-50,89-92H,17-28,39-42H2,1-16H3. The molecule has 96 heavy (non-hydrogen) atoms. The number of allylic oxidation sites excluding steroid dienone is 8. The summed E-state index contributed by atoms with van der Waals surface area (Å²) in [6, 6.07) is 31.2. The number of nitrogens with zero attached hydrogens (tertiary/aromatic N) is 4. The minimum atomic E-state index is 0.847. The highest BCUT2D eigenvalue weighted by atomic mass is 14.8. The summed E-state index contributed by atoms with van der Waals surface area (Å²) in [6.45, 7) is 36.3. The number of H-pyrrole nitrogens is 4.